The first-order valence-electron chi connectivity index (χ1n) is 16.6. The number of carbonyl (C=O) groups is 3. The van der Waals surface area contributed by atoms with Crippen molar-refractivity contribution in [2.75, 3.05) is 47.5 Å². The van der Waals surface area contributed by atoms with Gasteiger partial charge in [-0.3, -0.25) is 14.4 Å². The van der Waals surface area contributed by atoms with Crippen molar-refractivity contribution >= 4 is 50.7 Å². The number of anilines is 3. The molecule has 3 aliphatic heterocycles. The molecule has 10 heteroatoms. The van der Waals surface area contributed by atoms with Gasteiger partial charge in [-0.05, 0) is 62.6 Å². The zero-order valence-electron chi connectivity index (χ0n) is 27.8. The molecule has 0 aromatic heterocycles. The van der Waals surface area contributed by atoms with Gasteiger partial charge in [0.15, 0.2) is 0 Å². The van der Waals surface area contributed by atoms with Crippen LogP contribution in [0.25, 0.3) is 0 Å². The van der Waals surface area contributed by atoms with Crippen LogP contribution in [-0.4, -0.2) is 89.1 Å². The molecule has 1 N–H and O–H groups in total. The number of likely N-dealkylation sites (tertiary alicyclic amines) is 1. The summed E-state index contributed by atoms with van der Waals surface area (Å²) < 4.78 is 6.80. The predicted molar refractivity (Wildman–Crippen MR) is 190 cm³/mol. The molecule has 47 heavy (non-hydrogen) atoms. The maximum Gasteiger partial charge on any atom is 0.253 e. The van der Waals surface area contributed by atoms with Crippen LogP contribution in [-0.2, 0) is 19.1 Å². The standard InChI is InChI=1S/C37H47BrN4O5/c1-7-20-40(26-14-12-11-13-15-26)34(44)30-31-35(45)42(29(23-43)24(5)6)33(37(31)22-28(38)32(30)47-37)36(46)41(21-8-2)27-18-16-25(17-19-27)39(9-3)10-4/h7-8,11-19,24,28-33,43H,1-2,9-10,20-23H2,3-6H3/t28?,29-,30+,31-,32+,33?,37?/m0/s1. The first-order valence-corrected chi connectivity index (χ1v) is 17.5. The van der Waals surface area contributed by atoms with Crippen molar-refractivity contribution in [2.45, 2.75) is 62.7 Å². The summed E-state index contributed by atoms with van der Waals surface area (Å²) in [5.41, 5.74) is 1.13. The maximum atomic E-state index is 15.0. The van der Waals surface area contributed by atoms with Gasteiger partial charge in [0.1, 0.15) is 11.6 Å². The summed E-state index contributed by atoms with van der Waals surface area (Å²) in [6.45, 7) is 17.7. The molecule has 2 aromatic rings. The van der Waals surface area contributed by atoms with Gasteiger partial charge in [-0.15, -0.1) is 13.2 Å². The topological polar surface area (TPSA) is 93.6 Å². The van der Waals surface area contributed by atoms with Crippen LogP contribution < -0.4 is 14.7 Å². The number of amides is 3. The number of para-hydroxylation sites is 1. The molecular formula is C37H47BrN4O5. The molecule has 9 nitrogen and oxygen atoms in total. The second kappa shape index (κ2) is 14.3. The summed E-state index contributed by atoms with van der Waals surface area (Å²) in [4.78, 5) is 51.1. The van der Waals surface area contributed by atoms with Crippen LogP contribution in [0.5, 0.6) is 0 Å². The number of hydrogen-bond donors (Lipinski definition) is 1. The summed E-state index contributed by atoms with van der Waals surface area (Å²) in [6, 6.07) is 15.4. The molecule has 0 saturated carbocycles. The molecule has 252 valence electrons. The molecule has 5 rings (SSSR count). The number of benzene rings is 2. The first kappa shape index (κ1) is 34.9. The Kier molecular flexibility index (Phi) is 10.6. The highest BCUT2D eigenvalue weighted by Gasteiger charge is 2.77. The molecule has 1 spiro atoms. The molecule has 0 aliphatic carbocycles. The number of rotatable bonds is 14. The summed E-state index contributed by atoms with van der Waals surface area (Å²) in [5, 5.41) is 10.7. The number of aliphatic hydroxyl groups is 1. The smallest absolute Gasteiger partial charge is 0.253 e. The molecule has 3 amide bonds. The normalized spacial score (nSPS) is 26.7. The van der Waals surface area contributed by atoms with E-state index in [1.807, 2.05) is 68.4 Å². The van der Waals surface area contributed by atoms with E-state index in [-0.39, 0.29) is 48.2 Å². The summed E-state index contributed by atoms with van der Waals surface area (Å²) >= 11 is 3.79. The van der Waals surface area contributed by atoms with E-state index in [1.165, 1.54) is 0 Å². The molecule has 3 saturated heterocycles. The van der Waals surface area contributed by atoms with Crippen LogP contribution in [0.15, 0.2) is 79.9 Å². The Bertz CT molecular complexity index is 1460. The second-order valence-corrected chi connectivity index (χ2v) is 14.1. The highest BCUT2D eigenvalue weighted by molar-refractivity contribution is 9.09. The quantitative estimate of drug-likeness (QED) is 0.219. The zero-order chi connectivity index (χ0) is 34.0. The maximum absolute atomic E-state index is 15.0. The molecule has 3 fully saturated rings. The third-order valence-electron chi connectivity index (χ3n) is 10.1. The van der Waals surface area contributed by atoms with Crippen LogP contribution in [0.1, 0.15) is 34.1 Å². The van der Waals surface area contributed by atoms with E-state index in [2.05, 4.69) is 47.8 Å². The fraction of sp³-hybridized carbons (Fsp3) is 0.486. The van der Waals surface area contributed by atoms with Crippen molar-refractivity contribution in [3.8, 4) is 0 Å². The van der Waals surface area contributed by atoms with E-state index < -0.39 is 35.6 Å². The predicted octanol–water partition coefficient (Wildman–Crippen LogP) is 5.04. The van der Waals surface area contributed by atoms with Gasteiger partial charge in [0, 0.05) is 48.1 Å². The van der Waals surface area contributed by atoms with Gasteiger partial charge in [0.25, 0.3) is 5.91 Å². The summed E-state index contributed by atoms with van der Waals surface area (Å²) in [5.74, 6) is -2.81. The molecule has 3 heterocycles. The minimum Gasteiger partial charge on any atom is -0.394 e. The number of hydrogen-bond acceptors (Lipinski definition) is 6. The molecular weight excluding hydrogens is 660 g/mol. The number of aliphatic hydroxyl groups excluding tert-OH is 1. The number of ether oxygens (including phenoxy) is 1. The molecule has 7 atom stereocenters. The third-order valence-corrected chi connectivity index (χ3v) is 10.9. The Balaban J connectivity index is 1.60. The minimum absolute atomic E-state index is 0.164. The Morgan fingerprint density at radius 1 is 0.979 bits per heavy atom. The van der Waals surface area contributed by atoms with Gasteiger partial charge >= 0.3 is 0 Å². The van der Waals surface area contributed by atoms with E-state index in [9.17, 15) is 14.7 Å². The fourth-order valence-electron chi connectivity index (χ4n) is 7.88. The van der Waals surface area contributed by atoms with E-state index >= 15 is 4.79 Å². The van der Waals surface area contributed by atoms with Gasteiger partial charge in [-0.1, -0.05) is 60.1 Å². The van der Waals surface area contributed by atoms with Gasteiger partial charge in [0.05, 0.1) is 30.6 Å². The van der Waals surface area contributed by atoms with Crippen molar-refractivity contribution in [1.82, 2.24) is 4.90 Å². The lowest BCUT2D eigenvalue weighted by Gasteiger charge is -2.40. The molecule has 0 radical (unpaired) electrons. The lowest BCUT2D eigenvalue weighted by atomic mass is 9.70. The van der Waals surface area contributed by atoms with Gasteiger partial charge < -0.3 is 29.4 Å². The van der Waals surface area contributed by atoms with Crippen molar-refractivity contribution in [2.24, 2.45) is 17.8 Å². The van der Waals surface area contributed by atoms with Crippen LogP contribution in [0.3, 0.4) is 0 Å². The molecule has 3 aliphatic rings. The monoisotopic (exact) mass is 706 g/mol. The van der Waals surface area contributed by atoms with Crippen LogP contribution in [0, 0.1) is 17.8 Å². The largest absolute Gasteiger partial charge is 0.394 e. The molecule has 3 unspecified atom stereocenters. The first-order chi connectivity index (χ1) is 22.6. The van der Waals surface area contributed by atoms with E-state index in [0.29, 0.717) is 17.8 Å². The molecule has 2 aromatic carbocycles. The highest BCUT2D eigenvalue weighted by Crippen LogP contribution is 2.61. The van der Waals surface area contributed by atoms with Crippen LogP contribution in [0.2, 0.25) is 0 Å². The third kappa shape index (κ3) is 5.93. The SMILES string of the molecule is C=CCN(C(=O)C1N([C@@H](CO)C(C)C)C(=O)[C@@H]2[C@@H](C(=O)N(CC=C)c3ccccc3)[C@@H]3OC12CC3Br)c1ccc(N(CC)CC)cc1. The van der Waals surface area contributed by atoms with Gasteiger partial charge in [0.2, 0.25) is 11.8 Å². The Morgan fingerprint density at radius 3 is 2.06 bits per heavy atom. The minimum atomic E-state index is -1.27. The van der Waals surface area contributed by atoms with Crippen LogP contribution >= 0.6 is 15.9 Å². The van der Waals surface area contributed by atoms with Gasteiger partial charge in [-0.25, -0.2) is 0 Å². The number of fused-ring (bicyclic) bond motifs is 1. The second-order valence-electron chi connectivity index (χ2n) is 12.9. The Hall–Kier alpha value is -3.47. The van der Waals surface area contributed by atoms with Crippen molar-refractivity contribution < 1.29 is 24.2 Å². The number of alkyl halides is 1. The lowest BCUT2D eigenvalue weighted by Crippen LogP contribution is -2.60. The molecule has 2 bridgehead atoms. The number of nitrogens with zero attached hydrogens (tertiary/aromatic N) is 4. The van der Waals surface area contributed by atoms with Crippen molar-refractivity contribution in [3.63, 3.8) is 0 Å². The zero-order valence-corrected chi connectivity index (χ0v) is 29.4. The average molecular weight is 708 g/mol. The number of halogens is 1. The summed E-state index contributed by atoms with van der Waals surface area (Å²) in [7, 11) is 0. The fourth-order valence-corrected chi connectivity index (χ4v) is 8.82. The van der Waals surface area contributed by atoms with Gasteiger partial charge in [-0.2, -0.15) is 0 Å². The number of carbonyl (C=O) groups excluding carboxylic acids is 3. The Labute approximate surface area is 287 Å². The van der Waals surface area contributed by atoms with Crippen LogP contribution in [0.4, 0.5) is 17.1 Å². The van der Waals surface area contributed by atoms with E-state index in [0.717, 1.165) is 18.8 Å². The summed E-state index contributed by atoms with van der Waals surface area (Å²) in [6.07, 6.45) is 3.08. The Morgan fingerprint density at radius 2 is 1.53 bits per heavy atom. The average Bonchev–Trinajstić information content (AvgIpc) is 3.67. The van der Waals surface area contributed by atoms with E-state index in [1.54, 1.807) is 26.9 Å². The highest BCUT2D eigenvalue weighted by atomic mass is 79.9. The lowest BCUT2D eigenvalue weighted by molar-refractivity contribution is -0.145. The van der Waals surface area contributed by atoms with E-state index in [4.69, 9.17) is 4.74 Å². The van der Waals surface area contributed by atoms with Crippen molar-refractivity contribution in [1.29, 1.82) is 0 Å². The van der Waals surface area contributed by atoms with Crippen molar-refractivity contribution in [3.05, 3.63) is 79.9 Å².